The molecule has 0 saturated heterocycles. The number of carbonyl (C=O) groups excluding carboxylic acids is 1. The first-order valence-electron chi connectivity index (χ1n) is 7.96. The molecule has 0 unspecified atom stereocenters. The van der Waals surface area contributed by atoms with E-state index in [1.807, 2.05) is 0 Å². The van der Waals surface area contributed by atoms with Gasteiger partial charge in [-0.05, 0) is 30.3 Å². The smallest absolute Gasteiger partial charge is 0.262 e. The van der Waals surface area contributed by atoms with Gasteiger partial charge in [0.1, 0.15) is 5.75 Å². The summed E-state index contributed by atoms with van der Waals surface area (Å²) in [6.45, 7) is 0. The maximum absolute atomic E-state index is 12.7. The first kappa shape index (κ1) is 18.5. The minimum absolute atomic E-state index is 0.0397. The molecule has 140 valence electrons. The molecule has 8 nitrogen and oxygen atoms in total. The van der Waals surface area contributed by atoms with Crippen molar-refractivity contribution in [3.05, 3.63) is 66.4 Å². The van der Waals surface area contributed by atoms with Crippen LogP contribution in [-0.2, 0) is 17.1 Å². The maximum atomic E-state index is 12.7. The fourth-order valence-corrected chi connectivity index (χ4v) is 3.52. The number of rotatable bonds is 6. The molecule has 1 aromatic heterocycles. The number of sulfonamides is 1. The van der Waals surface area contributed by atoms with Crippen molar-refractivity contribution < 1.29 is 17.9 Å². The van der Waals surface area contributed by atoms with E-state index >= 15 is 0 Å². The van der Waals surface area contributed by atoms with Crippen LogP contribution in [0.2, 0.25) is 0 Å². The Labute approximate surface area is 156 Å². The molecule has 0 bridgehead atoms. The van der Waals surface area contributed by atoms with E-state index in [2.05, 4.69) is 15.1 Å². The Morgan fingerprint density at radius 2 is 1.89 bits per heavy atom. The van der Waals surface area contributed by atoms with E-state index in [1.54, 1.807) is 48.3 Å². The van der Waals surface area contributed by atoms with Crippen LogP contribution in [0.4, 0.5) is 11.5 Å². The second-order valence-electron chi connectivity index (χ2n) is 5.66. The van der Waals surface area contributed by atoms with E-state index < -0.39 is 15.9 Å². The van der Waals surface area contributed by atoms with Crippen LogP contribution in [0.3, 0.4) is 0 Å². The Morgan fingerprint density at radius 1 is 1.11 bits per heavy atom. The van der Waals surface area contributed by atoms with Gasteiger partial charge >= 0.3 is 0 Å². The summed E-state index contributed by atoms with van der Waals surface area (Å²) in [4.78, 5) is 12.3. The lowest BCUT2D eigenvalue weighted by Crippen LogP contribution is -2.16. The molecule has 0 saturated carbocycles. The zero-order valence-corrected chi connectivity index (χ0v) is 15.5. The van der Waals surface area contributed by atoms with E-state index in [-0.39, 0.29) is 10.5 Å². The van der Waals surface area contributed by atoms with Crippen molar-refractivity contribution in [2.24, 2.45) is 7.05 Å². The van der Waals surface area contributed by atoms with Gasteiger partial charge in [0.2, 0.25) is 0 Å². The minimum atomic E-state index is -3.90. The van der Waals surface area contributed by atoms with Crippen LogP contribution >= 0.6 is 0 Å². The number of amides is 1. The number of nitrogens with one attached hydrogen (secondary N) is 2. The number of aryl methyl sites for hydroxylation is 1. The highest BCUT2D eigenvalue weighted by atomic mass is 32.2. The lowest BCUT2D eigenvalue weighted by atomic mass is 10.2. The van der Waals surface area contributed by atoms with E-state index in [1.165, 1.54) is 31.4 Å². The number of anilines is 2. The summed E-state index contributed by atoms with van der Waals surface area (Å²) >= 11 is 0. The van der Waals surface area contributed by atoms with Crippen molar-refractivity contribution in [3.63, 3.8) is 0 Å². The molecule has 0 fully saturated rings. The molecule has 0 aliphatic carbocycles. The molecular weight excluding hydrogens is 368 g/mol. The number of ether oxygens (including phenoxy) is 1. The molecule has 0 radical (unpaired) electrons. The first-order chi connectivity index (χ1) is 12.9. The Hall–Kier alpha value is -3.33. The summed E-state index contributed by atoms with van der Waals surface area (Å²) in [6, 6.07) is 14.1. The fraction of sp³-hybridized carbons (Fsp3) is 0.111. The van der Waals surface area contributed by atoms with Crippen LogP contribution in [0.5, 0.6) is 5.75 Å². The second kappa shape index (κ2) is 7.50. The van der Waals surface area contributed by atoms with Gasteiger partial charge in [0, 0.05) is 24.9 Å². The molecule has 3 aromatic rings. The number of hydrogen-bond donors (Lipinski definition) is 2. The predicted octanol–water partition coefficient (Wildman–Crippen LogP) is 2.48. The Kier molecular flexibility index (Phi) is 5.13. The van der Waals surface area contributed by atoms with Crippen LogP contribution in [0.15, 0.2) is 65.7 Å². The fourth-order valence-electron chi connectivity index (χ4n) is 2.41. The number of benzene rings is 2. The number of nitrogens with zero attached hydrogens (tertiary/aromatic N) is 2. The third kappa shape index (κ3) is 4.26. The van der Waals surface area contributed by atoms with Crippen LogP contribution in [0.25, 0.3) is 0 Å². The van der Waals surface area contributed by atoms with Gasteiger partial charge in [-0.1, -0.05) is 18.2 Å². The van der Waals surface area contributed by atoms with E-state index in [0.717, 1.165) is 0 Å². The van der Waals surface area contributed by atoms with Crippen molar-refractivity contribution >= 4 is 27.4 Å². The molecule has 9 heteroatoms. The number of methoxy groups -OCH3 is 1. The predicted molar refractivity (Wildman–Crippen MR) is 101 cm³/mol. The van der Waals surface area contributed by atoms with Crippen molar-refractivity contribution in [1.82, 2.24) is 9.78 Å². The lowest BCUT2D eigenvalue weighted by Gasteiger charge is -2.12. The number of hydrogen-bond acceptors (Lipinski definition) is 5. The average molecular weight is 386 g/mol. The standard InChI is InChI=1S/C18H18N4O4S/c1-22-11-10-17(20-22)19-18(23)13-6-5-7-14(12-13)27(24,25)21-15-8-3-4-9-16(15)26-2/h3-12,21H,1-2H3,(H,19,20,23). The summed E-state index contributed by atoms with van der Waals surface area (Å²) in [5.74, 6) is 0.316. The van der Waals surface area contributed by atoms with Crippen LogP contribution in [0, 0.1) is 0 Å². The zero-order valence-electron chi connectivity index (χ0n) is 14.7. The molecule has 3 rings (SSSR count). The van der Waals surface area contributed by atoms with Gasteiger partial charge < -0.3 is 10.1 Å². The number of carbonyl (C=O) groups is 1. The van der Waals surface area contributed by atoms with E-state index in [4.69, 9.17) is 4.74 Å². The summed E-state index contributed by atoms with van der Waals surface area (Å²) in [7, 11) is -0.718. The zero-order chi connectivity index (χ0) is 19.4. The third-order valence-corrected chi connectivity index (χ3v) is 5.08. The number of para-hydroxylation sites is 2. The quantitative estimate of drug-likeness (QED) is 0.678. The topological polar surface area (TPSA) is 102 Å². The molecule has 1 heterocycles. The highest BCUT2D eigenvalue weighted by Gasteiger charge is 2.18. The maximum Gasteiger partial charge on any atom is 0.262 e. The lowest BCUT2D eigenvalue weighted by molar-refractivity contribution is 0.102. The van der Waals surface area contributed by atoms with Gasteiger partial charge in [0.05, 0.1) is 17.7 Å². The second-order valence-corrected chi connectivity index (χ2v) is 7.34. The molecule has 0 atom stereocenters. The van der Waals surface area contributed by atoms with Crippen LogP contribution in [0.1, 0.15) is 10.4 Å². The highest BCUT2D eigenvalue weighted by Crippen LogP contribution is 2.26. The molecule has 0 aliphatic rings. The van der Waals surface area contributed by atoms with Crippen LogP contribution in [-0.4, -0.2) is 31.2 Å². The largest absolute Gasteiger partial charge is 0.495 e. The van der Waals surface area contributed by atoms with Crippen LogP contribution < -0.4 is 14.8 Å². The Morgan fingerprint density at radius 3 is 2.59 bits per heavy atom. The van der Waals surface area contributed by atoms with Gasteiger partial charge in [-0.2, -0.15) is 5.10 Å². The van der Waals surface area contributed by atoms with E-state index in [9.17, 15) is 13.2 Å². The molecular formula is C18H18N4O4S. The van der Waals surface area contributed by atoms with Gasteiger partial charge in [-0.15, -0.1) is 0 Å². The monoisotopic (exact) mass is 386 g/mol. The summed E-state index contributed by atoms with van der Waals surface area (Å²) in [5.41, 5.74) is 0.506. The number of aromatic nitrogens is 2. The van der Waals surface area contributed by atoms with Crippen molar-refractivity contribution in [2.75, 3.05) is 17.1 Å². The van der Waals surface area contributed by atoms with Gasteiger partial charge in [-0.25, -0.2) is 8.42 Å². The molecule has 0 aliphatic heterocycles. The molecule has 1 amide bonds. The summed E-state index contributed by atoms with van der Waals surface area (Å²) in [5, 5.41) is 6.68. The van der Waals surface area contributed by atoms with Gasteiger partial charge in [0.15, 0.2) is 5.82 Å². The molecule has 2 aromatic carbocycles. The van der Waals surface area contributed by atoms with Crippen molar-refractivity contribution in [3.8, 4) is 5.75 Å². The third-order valence-electron chi connectivity index (χ3n) is 3.71. The average Bonchev–Trinajstić information content (AvgIpc) is 3.06. The summed E-state index contributed by atoms with van der Waals surface area (Å²) in [6.07, 6.45) is 1.69. The highest BCUT2D eigenvalue weighted by molar-refractivity contribution is 7.92. The normalized spacial score (nSPS) is 11.0. The summed E-state index contributed by atoms with van der Waals surface area (Å²) < 4.78 is 34.6. The van der Waals surface area contributed by atoms with Crippen molar-refractivity contribution in [1.29, 1.82) is 0 Å². The Bertz CT molecular complexity index is 1080. The SMILES string of the molecule is COc1ccccc1NS(=O)(=O)c1cccc(C(=O)Nc2ccn(C)n2)c1. The molecule has 27 heavy (non-hydrogen) atoms. The van der Waals surface area contributed by atoms with Crippen molar-refractivity contribution in [2.45, 2.75) is 4.90 Å². The Balaban J connectivity index is 1.84. The molecule has 0 spiro atoms. The minimum Gasteiger partial charge on any atom is -0.495 e. The van der Waals surface area contributed by atoms with Gasteiger partial charge in [-0.3, -0.25) is 14.2 Å². The van der Waals surface area contributed by atoms with Gasteiger partial charge in [0.25, 0.3) is 15.9 Å². The first-order valence-corrected chi connectivity index (χ1v) is 9.44. The van der Waals surface area contributed by atoms with E-state index in [0.29, 0.717) is 17.3 Å². The molecule has 2 N–H and O–H groups in total.